The van der Waals surface area contributed by atoms with Crippen LogP contribution in [0.25, 0.3) is 21.8 Å². The summed E-state index contributed by atoms with van der Waals surface area (Å²) >= 11 is 0. The molecule has 0 saturated carbocycles. The highest BCUT2D eigenvalue weighted by Gasteiger charge is 2.20. The molecule has 4 aromatic rings. The van der Waals surface area contributed by atoms with E-state index in [0.29, 0.717) is 34.0 Å². The van der Waals surface area contributed by atoms with Gasteiger partial charge in [0.05, 0.1) is 18.7 Å². The van der Waals surface area contributed by atoms with E-state index in [0.717, 1.165) is 17.7 Å². The zero-order valence-electron chi connectivity index (χ0n) is 15.5. The summed E-state index contributed by atoms with van der Waals surface area (Å²) in [6, 6.07) is 12.1. The van der Waals surface area contributed by atoms with Gasteiger partial charge >= 0.3 is 0 Å². The predicted octanol–water partition coefficient (Wildman–Crippen LogP) is 4.51. The average molecular weight is 398 g/mol. The normalized spacial score (nSPS) is 11.4. The number of ether oxygens (including phenoxy) is 1. The first-order chi connectivity index (χ1) is 13.9. The maximum atomic E-state index is 14.3. The molecule has 2 N–H and O–H groups in total. The summed E-state index contributed by atoms with van der Waals surface area (Å²) in [7, 11) is 1.56. The molecule has 1 amide bonds. The van der Waals surface area contributed by atoms with Crippen molar-refractivity contribution in [2.75, 3.05) is 7.11 Å². The minimum absolute atomic E-state index is 0.256. The number of nitrogens with zero attached hydrogens (tertiary/aromatic N) is 1. The topological polar surface area (TPSA) is 57.2 Å². The fraction of sp³-hybridized carbons (Fsp3) is 0.136. The van der Waals surface area contributed by atoms with Crippen LogP contribution in [0, 0.1) is 17.5 Å². The van der Waals surface area contributed by atoms with Crippen LogP contribution in [0.2, 0.25) is 0 Å². The first kappa shape index (κ1) is 19.0. The number of carbonyl (C=O) groups is 1. The van der Waals surface area contributed by atoms with Crippen LogP contribution in [-0.2, 0) is 17.9 Å². The number of hydrogen-bond donors (Lipinski definition) is 1. The van der Waals surface area contributed by atoms with Crippen molar-refractivity contribution in [3.05, 3.63) is 82.7 Å². The molecule has 0 bridgehead atoms. The molecule has 1 aromatic heterocycles. The highest BCUT2D eigenvalue weighted by molar-refractivity contribution is 6.17. The zero-order chi connectivity index (χ0) is 20.7. The molecule has 0 aliphatic rings. The maximum Gasteiger partial charge on any atom is 0.249 e. The quantitative estimate of drug-likeness (QED) is 0.503. The van der Waals surface area contributed by atoms with Crippen LogP contribution in [0.3, 0.4) is 0 Å². The van der Waals surface area contributed by atoms with E-state index in [-0.39, 0.29) is 6.54 Å². The van der Waals surface area contributed by atoms with Crippen LogP contribution in [0.5, 0.6) is 0 Å². The Kier molecular flexibility index (Phi) is 4.76. The molecule has 0 aliphatic carbocycles. The fourth-order valence-corrected chi connectivity index (χ4v) is 3.69. The molecule has 0 saturated heterocycles. The second kappa shape index (κ2) is 7.25. The molecule has 1 heterocycles. The van der Waals surface area contributed by atoms with E-state index < -0.39 is 28.9 Å². The van der Waals surface area contributed by atoms with Gasteiger partial charge in [0.2, 0.25) is 5.91 Å². The van der Waals surface area contributed by atoms with Gasteiger partial charge in [0.15, 0.2) is 11.6 Å². The van der Waals surface area contributed by atoms with Crippen molar-refractivity contribution in [2.24, 2.45) is 5.73 Å². The van der Waals surface area contributed by atoms with Crippen molar-refractivity contribution in [3.8, 4) is 0 Å². The molecular weight excluding hydrogens is 381 g/mol. The number of fused-ring (bicyclic) bond motifs is 3. The summed E-state index contributed by atoms with van der Waals surface area (Å²) in [6.45, 7) is 0.0803. The Bertz CT molecular complexity index is 1260. The van der Waals surface area contributed by atoms with Crippen molar-refractivity contribution in [3.63, 3.8) is 0 Å². The lowest BCUT2D eigenvalue weighted by Gasteiger charge is -2.11. The monoisotopic (exact) mass is 398 g/mol. The number of hydrogen-bond acceptors (Lipinski definition) is 2. The number of methoxy groups -OCH3 is 1. The Morgan fingerprint density at radius 1 is 1.03 bits per heavy atom. The molecule has 0 atom stereocenters. The molecule has 0 unspecified atom stereocenters. The number of benzene rings is 3. The van der Waals surface area contributed by atoms with Crippen molar-refractivity contribution in [1.29, 1.82) is 0 Å². The van der Waals surface area contributed by atoms with Crippen LogP contribution < -0.4 is 5.73 Å². The summed E-state index contributed by atoms with van der Waals surface area (Å²) in [5.74, 6) is -3.82. The number of primary amides is 1. The molecule has 3 aromatic carbocycles. The van der Waals surface area contributed by atoms with Gasteiger partial charge in [0.25, 0.3) is 0 Å². The third-order valence-corrected chi connectivity index (χ3v) is 4.99. The van der Waals surface area contributed by atoms with Crippen molar-refractivity contribution >= 4 is 27.7 Å². The van der Waals surface area contributed by atoms with Gasteiger partial charge in [-0.2, -0.15) is 0 Å². The molecule has 0 fully saturated rings. The van der Waals surface area contributed by atoms with Gasteiger partial charge in [0.1, 0.15) is 5.82 Å². The van der Waals surface area contributed by atoms with Crippen LogP contribution in [-0.4, -0.2) is 17.6 Å². The number of carbonyl (C=O) groups excluding carboxylic acids is 1. The lowest BCUT2D eigenvalue weighted by molar-refractivity contribution is 0.100. The van der Waals surface area contributed by atoms with E-state index in [2.05, 4.69) is 0 Å². The molecule has 29 heavy (non-hydrogen) atoms. The molecule has 7 heteroatoms. The van der Waals surface area contributed by atoms with Gasteiger partial charge in [-0.1, -0.05) is 18.2 Å². The summed E-state index contributed by atoms with van der Waals surface area (Å²) in [5, 5.41) is 1.28. The summed E-state index contributed by atoms with van der Waals surface area (Å²) < 4.78 is 49.2. The van der Waals surface area contributed by atoms with Crippen molar-refractivity contribution in [1.82, 2.24) is 4.57 Å². The van der Waals surface area contributed by atoms with E-state index in [1.54, 1.807) is 29.9 Å². The van der Waals surface area contributed by atoms with Crippen LogP contribution in [0.15, 0.2) is 48.5 Å². The second-order valence-electron chi connectivity index (χ2n) is 6.76. The Labute approximate surface area is 164 Å². The van der Waals surface area contributed by atoms with Gasteiger partial charge < -0.3 is 15.0 Å². The van der Waals surface area contributed by atoms with E-state index >= 15 is 0 Å². The lowest BCUT2D eigenvalue weighted by atomic mass is 10.0. The highest BCUT2D eigenvalue weighted by atomic mass is 19.2. The maximum absolute atomic E-state index is 14.3. The third-order valence-electron chi connectivity index (χ3n) is 4.99. The second-order valence-corrected chi connectivity index (χ2v) is 6.76. The molecule has 4 rings (SSSR count). The Balaban J connectivity index is 2.06. The minimum Gasteiger partial charge on any atom is -0.380 e. The van der Waals surface area contributed by atoms with E-state index in [4.69, 9.17) is 10.5 Å². The zero-order valence-corrected chi connectivity index (χ0v) is 15.5. The van der Waals surface area contributed by atoms with Crippen LogP contribution in [0.1, 0.15) is 21.5 Å². The van der Waals surface area contributed by atoms with Gasteiger partial charge in [-0.05, 0) is 35.9 Å². The summed E-state index contributed by atoms with van der Waals surface area (Å²) in [4.78, 5) is 12.0. The van der Waals surface area contributed by atoms with Gasteiger partial charge in [0, 0.05) is 34.5 Å². The molecular formula is C22H17F3N2O2. The smallest absolute Gasteiger partial charge is 0.249 e. The first-order valence-electron chi connectivity index (χ1n) is 8.87. The number of nitrogens with two attached hydrogens (primary N) is 1. The van der Waals surface area contributed by atoms with Crippen LogP contribution >= 0.6 is 0 Å². The number of rotatable bonds is 5. The highest BCUT2D eigenvalue weighted by Crippen LogP contribution is 2.33. The minimum atomic E-state index is -1.24. The van der Waals surface area contributed by atoms with E-state index in [1.165, 1.54) is 0 Å². The van der Waals surface area contributed by atoms with Gasteiger partial charge in [-0.25, -0.2) is 13.2 Å². The molecule has 0 aliphatic heterocycles. The van der Waals surface area contributed by atoms with Crippen molar-refractivity contribution < 1.29 is 22.7 Å². The molecule has 148 valence electrons. The molecule has 0 radical (unpaired) electrons. The van der Waals surface area contributed by atoms with Crippen molar-refractivity contribution in [2.45, 2.75) is 13.2 Å². The fourth-order valence-electron chi connectivity index (χ4n) is 3.69. The number of amides is 1. The van der Waals surface area contributed by atoms with Gasteiger partial charge in [-0.3, -0.25) is 4.79 Å². The SMILES string of the molecule is COCc1ccc2c3c(C(N)=O)cccc3n(Cc3c(F)ccc(F)c3F)c2c1. The average Bonchev–Trinajstić information content (AvgIpc) is 3.01. The number of aromatic nitrogens is 1. The summed E-state index contributed by atoms with van der Waals surface area (Å²) in [6.07, 6.45) is 0. The Morgan fingerprint density at radius 3 is 2.52 bits per heavy atom. The van der Waals surface area contributed by atoms with Crippen LogP contribution in [0.4, 0.5) is 13.2 Å². The predicted molar refractivity (Wildman–Crippen MR) is 104 cm³/mol. The largest absolute Gasteiger partial charge is 0.380 e. The summed E-state index contributed by atoms with van der Waals surface area (Å²) in [5.41, 5.74) is 7.47. The standard InChI is InChI=1S/C22H17F3N2O2/c1-29-11-12-5-6-13-19(9-12)27(10-15-16(23)7-8-17(24)21(15)25)18-4-2-3-14(20(13)18)22(26)28/h2-9H,10-11H2,1H3,(H2,26,28). The molecule has 4 nitrogen and oxygen atoms in total. The van der Waals surface area contributed by atoms with Gasteiger partial charge in [-0.15, -0.1) is 0 Å². The Hall–Kier alpha value is -3.32. The Morgan fingerprint density at radius 2 is 1.79 bits per heavy atom. The number of halogens is 3. The first-order valence-corrected chi connectivity index (χ1v) is 8.87. The lowest BCUT2D eigenvalue weighted by Crippen LogP contribution is -2.11. The van der Waals surface area contributed by atoms with E-state index in [9.17, 15) is 18.0 Å². The van der Waals surface area contributed by atoms with E-state index in [1.807, 2.05) is 18.2 Å². The third kappa shape index (κ3) is 3.13. The molecule has 0 spiro atoms.